The van der Waals surface area contributed by atoms with Crippen molar-refractivity contribution in [3.05, 3.63) is 59.2 Å². The van der Waals surface area contributed by atoms with E-state index in [0.717, 1.165) is 35.8 Å². The van der Waals surface area contributed by atoms with Crippen molar-refractivity contribution in [2.75, 3.05) is 12.4 Å². The highest BCUT2D eigenvalue weighted by Gasteiger charge is 2.11. The van der Waals surface area contributed by atoms with E-state index in [9.17, 15) is 4.79 Å². The van der Waals surface area contributed by atoms with Crippen molar-refractivity contribution in [3.63, 3.8) is 0 Å². The molecule has 1 heterocycles. The molecule has 0 atom stereocenters. The number of aryl methyl sites for hydroxylation is 1. The molecular formula is C17H16O3S. The van der Waals surface area contributed by atoms with Gasteiger partial charge in [-0.3, -0.25) is 0 Å². The zero-order chi connectivity index (χ0) is 14.7. The Bertz CT molecular complexity index is 667. The molecule has 108 valence electrons. The predicted molar refractivity (Wildman–Crippen MR) is 83.5 cm³/mol. The molecule has 2 aromatic carbocycles. The van der Waals surface area contributed by atoms with E-state index in [4.69, 9.17) is 9.84 Å². The smallest absolute Gasteiger partial charge is 0.335 e. The van der Waals surface area contributed by atoms with E-state index in [-0.39, 0.29) is 0 Å². The lowest BCUT2D eigenvalue weighted by molar-refractivity contribution is 0.0696. The summed E-state index contributed by atoms with van der Waals surface area (Å²) in [4.78, 5) is 11.9. The predicted octanol–water partition coefficient (Wildman–Crippen LogP) is 3.65. The van der Waals surface area contributed by atoms with Gasteiger partial charge in [-0.2, -0.15) is 0 Å². The molecule has 1 aliphatic rings. The van der Waals surface area contributed by atoms with E-state index in [1.807, 2.05) is 12.1 Å². The van der Waals surface area contributed by atoms with Crippen molar-refractivity contribution in [1.82, 2.24) is 0 Å². The number of carboxylic acid groups (broad SMARTS) is 1. The molecule has 21 heavy (non-hydrogen) atoms. The highest BCUT2D eigenvalue weighted by molar-refractivity contribution is 7.99. The number of hydrogen-bond acceptors (Lipinski definition) is 3. The second kappa shape index (κ2) is 6.22. The van der Waals surface area contributed by atoms with Crippen LogP contribution in [0.4, 0.5) is 0 Å². The standard InChI is InChI=1S/C17H16O3S/c18-17(19)14-2-1-3-15(11-14)21-9-7-12-4-5-16-13(10-12)6-8-20-16/h1-5,10-11H,6-9H2,(H,18,19). The van der Waals surface area contributed by atoms with Crippen LogP contribution >= 0.6 is 11.8 Å². The summed E-state index contributed by atoms with van der Waals surface area (Å²) in [5, 5.41) is 8.98. The molecule has 1 N–H and O–H groups in total. The Kier molecular flexibility index (Phi) is 4.15. The van der Waals surface area contributed by atoms with Crippen LogP contribution < -0.4 is 4.74 Å². The van der Waals surface area contributed by atoms with E-state index in [0.29, 0.717) is 5.56 Å². The van der Waals surface area contributed by atoms with Gasteiger partial charge in [0, 0.05) is 17.1 Å². The number of thioether (sulfide) groups is 1. The van der Waals surface area contributed by atoms with Crippen LogP contribution in [0.3, 0.4) is 0 Å². The minimum Gasteiger partial charge on any atom is -0.493 e. The summed E-state index contributed by atoms with van der Waals surface area (Å²) in [6.45, 7) is 0.787. The van der Waals surface area contributed by atoms with Crippen molar-refractivity contribution in [3.8, 4) is 5.75 Å². The monoisotopic (exact) mass is 300 g/mol. The fourth-order valence-electron chi connectivity index (χ4n) is 2.40. The molecule has 2 aromatic rings. The normalized spacial score (nSPS) is 12.8. The Morgan fingerprint density at radius 1 is 1.24 bits per heavy atom. The van der Waals surface area contributed by atoms with Crippen LogP contribution in [0, 0.1) is 0 Å². The van der Waals surface area contributed by atoms with Crippen molar-refractivity contribution >= 4 is 17.7 Å². The number of ether oxygens (including phenoxy) is 1. The molecule has 0 bridgehead atoms. The molecule has 0 unspecified atom stereocenters. The van der Waals surface area contributed by atoms with Crippen molar-refractivity contribution in [2.24, 2.45) is 0 Å². The molecule has 0 saturated heterocycles. The van der Waals surface area contributed by atoms with Gasteiger partial charge in [0.25, 0.3) is 0 Å². The molecule has 4 heteroatoms. The average molecular weight is 300 g/mol. The van der Waals surface area contributed by atoms with Gasteiger partial charge in [0.1, 0.15) is 5.75 Å². The zero-order valence-electron chi connectivity index (χ0n) is 11.5. The van der Waals surface area contributed by atoms with Gasteiger partial charge < -0.3 is 9.84 Å². The first kappa shape index (κ1) is 14.0. The summed E-state index contributed by atoms with van der Waals surface area (Å²) in [6, 6.07) is 13.5. The maximum atomic E-state index is 10.9. The quantitative estimate of drug-likeness (QED) is 0.856. The summed E-state index contributed by atoms with van der Waals surface area (Å²) >= 11 is 1.69. The lowest BCUT2D eigenvalue weighted by Gasteiger charge is -2.05. The number of aromatic carboxylic acids is 1. The van der Waals surface area contributed by atoms with Gasteiger partial charge in [-0.25, -0.2) is 4.79 Å². The number of hydrogen-bond donors (Lipinski definition) is 1. The van der Waals surface area contributed by atoms with Crippen LogP contribution in [-0.4, -0.2) is 23.4 Å². The van der Waals surface area contributed by atoms with E-state index in [2.05, 4.69) is 12.1 Å². The van der Waals surface area contributed by atoms with Crippen LogP contribution in [0.25, 0.3) is 0 Å². The molecular weight excluding hydrogens is 284 g/mol. The van der Waals surface area contributed by atoms with Crippen LogP contribution in [-0.2, 0) is 12.8 Å². The molecule has 0 saturated carbocycles. The third-order valence-corrected chi connectivity index (χ3v) is 4.49. The zero-order valence-corrected chi connectivity index (χ0v) is 12.4. The van der Waals surface area contributed by atoms with Gasteiger partial charge in [-0.15, -0.1) is 11.8 Å². The first-order valence-electron chi connectivity index (χ1n) is 6.93. The molecule has 0 amide bonds. The third-order valence-electron chi connectivity index (χ3n) is 3.49. The van der Waals surface area contributed by atoms with Crippen LogP contribution in [0.5, 0.6) is 5.75 Å². The van der Waals surface area contributed by atoms with Crippen molar-refractivity contribution in [2.45, 2.75) is 17.7 Å². The third kappa shape index (κ3) is 3.39. The molecule has 0 aliphatic carbocycles. The van der Waals surface area contributed by atoms with E-state index in [1.165, 1.54) is 11.1 Å². The average Bonchev–Trinajstić information content (AvgIpc) is 2.95. The Balaban J connectivity index is 1.59. The van der Waals surface area contributed by atoms with Gasteiger partial charge in [0.15, 0.2) is 0 Å². The maximum Gasteiger partial charge on any atom is 0.335 e. The second-order valence-electron chi connectivity index (χ2n) is 4.97. The number of rotatable bonds is 5. The van der Waals surface area contributed by atoms with Gasteiger partial charge in [-0.05, 0) is 41.8 Å². The van der Waals surface area contributed by atoms with Gasteiger partial charge in [0.2, 0.25) is 0 Å². The first-order valence-corrected chi connectivity index (χ1v) is 7.92. The minimum absolute atomic E-state index is 0.342. The lowest BCUT2D eigenvalue weighted by atomic mass is 10.1. The number of fused-ring (bicyclic) bond motifs is 1. The summed E-state index contributed by atoms with van der Waals surface area (Å²) in [5.41, 5.74) is 2.95. The number of carbonyl (C=O) groups is 1. The molecule has 0 aromatic heterocycles. The Morgan fingerprint density at radius 2 is 2.14 bits per heavy atom. The molecule has 3 rings (SSSR count). The van der Waals surface area contributed by atoms with Gasteiger partial charge in [0.05, 0.1) is 12.2 Å². The summed E-state index contributed by atoms with van der Waals surface area (Å²) in [6.07, 6.45) is 1.96. The maximum absolute atomic E-state index is 10.9. The summed E-state index contributed by atoms with van der Waals surface area (Å²) < 4.78 is 5.50. The van der Waals surface area contributed by atoms with Crippen LogP contribution in [0.2, 0.25) is 0 Å². The van der Waals surface area contributed by atoms with Crippen LogP contribution in [0.1, 0.15) is 21.5 Å². The Hall–Kier alpha value is -1.94. The highest BCUT2D eigenvalue weighted by Crippen LogP contribution is 2.27. The molecule has 0 spiro atoms. The summed E-state index contributed by atoms with van der Waals surface area (Å²) in [5.74, 6) is 1.07. The Morgan fingerprint density at radius 3 is 3.00 bits per heavy atom. The largest absolute Gasteiger partial charge is 0.493 e. The SMILES string of the molecule is O=C(O)c1cccc(SCCc2ccc3c(c2)CCO3)c1. The fraction of sp³-hybridized carbons (Fsp3) is 0.235. The molecule has 1 aliphatic heterocycles. The summed E-state index contributed by atoms with van der Waals surface area (Å²) in [7, 11) is 0. The topological polar surface area (TPSA) is 46.5 Å². The van der Waals surface area contributed by atoms with E-state index < -0.39 is 5.97 Å². The van der Waals surface area contributed by atoms with Gasteiger partial charge >= 0.3 is 5.97 Å². The number of benzene rings is 2. The Labute approximate surface area is 127 Å². The van der Waals surface area contributed by atoms with E-state index in [1.54, 1.807) is 30.0 Å². The van der Waals surface area contributed by atoms with Crippen LogP contribution in [0.15, 0.2) is 47.4 Å². The molecule has 3 nitrogen and oxygen atoms in total. The second-order valence-corrected chi connectivity index (χ2v) is 6.14. The van der Waals surface area contributed by atoms with E-state index >= 15 is 0 Å². The highest BCUT2D eigenvalue weighted by atomic mass is 32.2. The van der Waals surface area contributed by atoms with Gasteiger partial charge in [-0.1, -0.05) is 18.2 Å². The lowest BCUT2D eigenvalue weighted by Crippen LogP contribution is -1.96. The minimum atomic E-state index is -0.879. The molecule has 0 fully saturated rings. The first-order chi connectivity index (χ1) is 10.2. The fourth-order valence-corrected chi connectivity index (χ4v) is 3.36. The number of carboxylic acids is 1. The van der Waals surface area contributed by atoms with Crippen molar-refractivity contribution < 1.29 is 14.6 Å². The van der Waals surface area contributed by atoms with Crippen molar-refractivity contribution in [1.29, 1.82) is 0 Å². The molecule has 0 radical (unpaired) electrons.